The zero-order valence-electron chi connectivity index (χ0n) is 10.5. The molecule has 1 saturated heterocycles. The van der Waals surface area contributed by atoms with Gasteiger partial charge in [0.25, 0.3) is 0 Å². The number of hydrogen-bond acceptors (Lipinski definition) is 2. The van der Waals surface area contributed by atoms with Crippen LogP contribution in [-0.4, -0.2) is 30.4 Å². The first kappa shape index (κ1) is 12.1. The van der Waals surface area contributed by atoms with E-state index >= 15 is 0 Å². The highest BCUT2D eigenvalue weighted by Crippen LogP contribution is 2.19. The Balaban J connectivity index is 2.03. The number of rotatable bonds is 3. The summed E-state index contributed by atoms with van der Waals surface area (Å²) < 4.78 is 0. The minimum atomic E-state index is 0.271. The van der Waals surface area contributed by atoms with Gasteiger partial charge in [0.15, 0.2) is 0 Å². The first-order chi connectivity index (χ1) is 8.20. The Kier molecular flexibility index (Phi) is 3.79. The first-order valence-corrected chi connectivity index (χ1v) is 6.19. The summed E-state index contributed by atoms with van der Waals surface area (Å²) in [4.78, 5) is 13.9. The lowest BCUT2D eigenvalue weighted by atomic mass is 9.93. The molecule has 1 aromatic rings. The molecule has 1 aliphatic rings. The van der Waals surface area contributed by atoms with Gasteiger partial charge in [-0.3, -0.25) is 4.79 Å². The second-order valence-corrected chi connectivity index (χ2v) is 4.84. The van der Waals surface area contributed by atoms with Crippen LogP contribution in [0.5, 0.6) is 0 Å². The molecule has 17 heavy (non-hydrogen) atoms. The van der Waals surface area contributed by atoms with Gasteiger partial charge in [0, 0.05) is 25.6 Å². The largest absolute Gasteiger partial charge is 0.337 e. The average molecular weight is 232 g/mol. The molecule has 1 N–H and O–H groups in total. The highest BCUT2D eigenvalue weighted by atomic mass is 16.2. The van der Waals surface area contributed by atoms with Crippen LogP contribution in [0.4, 0.5) is 0 Å². The number of hydrogen-bond donors (Lipinski definition) is 1. The van der Waals surface area contributed by atoms with Crippen molar-refractivity contribution in [1.82, 2.24) is 10.2 Å². The Morgan fingerprint density at radius 3 is 2.71 bits per heavy atom. The van der Waals surface area contributed by atoms with Gasteiger partial charge in [-0.25, -0.2) is 0 Å². The standard InChI is InChI=1S/C14H20N2O/c1-11-8-14(17)16(10-13(11)15-2)9-12-6-4-3-5-7-12/h3-7,11,13,15H,8-10H2,1-2H3. The molecule has 3 nitrogen and oxygen atoms in total. The highest BCUT2D eigenvalue weighted by molar-refractivity contribution is 5.77. The summed E-state index contributed by atoms with van der Waals surface area (Å²) in [6, 6.07) is 10.6. The van der Waals surface area contributed by atoms with Crippen LogP contribution in [0.2, 0.25) is 0 Å². The van der Waals surface area contributed by atoms with Crippen LogP contribution in [-0.2, 0) is 11.3 Å². The third-order valence-electron chi connectivity index (χ3n) is 3.54. The van der Waals surface area contributed by atoms with E-state index in [0.717, 1.165) is 13.1 Å². The Morgan fingerprint density at radius 2 is 2.06 bits per heavy atom. The van der Waals surface area contributed by atoms with Gasteiger partial charge in [-0.15, -0.1) is 0 Å². The van der Waals surface area contributed by atoms with E-state index in [2.05, 4.69) is 24.4 Å². The van der Waals surface area contributed by atoms with Gasteiger partial charge in [-0.1, -0.05) is 37.3 Å². The number of carbonyl (C=O) groups is 1. The second kappa shape index (κ2) is 5.32. The van der Waals surface area contributed by atoms with Gasteiger partial charge in [0.05, 0.1) is 0 Å². The predicted octanol–water partition coefficient (Wildman–Crippen LogP) is 1.64. The maximum Gasteiger partial charge on any atom is 0.223 e. The van der Waals surface area contributed by atoms with Gasteiger partial charge in [-0.2, -0.15) is 0 Å². The van der Waals surface area contributed by atoms with E-state index in [1.807, 2.05) is 30.1 Å². The van der Waals surface area contributed by atoms with Crippen LogP contribution in [0.3, 0.4) is 0 Å². The van der Waals surface area contributed by atoms with Crippen LogP contribution in [0.15, 0.2) is 30.3 Å². The molecule has 1 aromatic carbocycles. The molecule has 92 valence electrons. The summed E-state index contributed by atoms with van der Waals surface area (Å²) in [7, 11) is 1.97. The SMILES string of the molecule is CNC1CN(Cc2ccccc2)C(=O)CC1C. The van der Waals surface area contributed by atoms with Gasteiger partial charge in [0.1, 0.15) is 0 Å². The molecule has 1 amide bonds. The summed E-state index contributed by atoms with van der Waals surface area (Å²) in [6.45, 7) is 3.68. The second-order valence-electron chi connectivity index (χ2n) is 4.84. The number of carbonyl (C=O) groups excluding carboxylic acids is 1. The average Bonchev–Trinajstić information content (AvgIpc) is 2.34. The van der Waals surface area contributed by atoms with Crippen LogP contribution in [0.1, 0.15) is 18.9 Å². The Morgan fingerprint density at radius 1 is 1.35 bits per heavy atom. The van der Waals surface area contributed by atoms with E-state index in [9.17, 15) is 4.79 Å². The Bertz CT molecular complexity index is 377. The molecule has 0 radical (unpaired) electrons. The van der Waals surface area contributed by atoms with Crippen molar-refractivity contribution >= 4 is 5.91 Å². The number of nitrogens with zero attached hydrogens (tertiary/aromatic N) is 1. The fourth-order valence-electron chi connectivity index (χ4n) is 2.40. The normalized spacial score (nSPS) is 25.1. The first-order valence-electron chi connectivity index (χ1n) is 6.19. The Hall–Kier alpha value is -1.35. The van der Waals surface area contributed by atoms with Crippen LogP contribution in [0, 0.1) is 5.92 Å². The Labute approximate surface area is 103 Å². The third kappa shape index (κ3) is 2.86. The van der Waals surface area contributed by atoms with E-state index in [4.69, 9.17) is 0 Å². The van der Waals surface area contributed by atoms with Crippen molar-refractivity contribution in [3.8, 4) is 0 Å². The zero-order chi connectivity index (χ0) is 12.3. The monoisotopic (exact) mass is 232 g/mol. The summed E-state index contributed by atoms with van der Waals surface area (Å²) in [6.07, 6.45) is 0.651. The minimum Gasteiger partial charge on any atom is -0.337 e. The molecule has 2 rings (SSSR count). The van der Waals surface area contributed by atoms with Gasteiger partial charge in [0.2, 0.25) is 5.91 Å². The van der Waals surface area contributed by atoms with Gasteiger partial charge >= 0.3 is 0 Å². The number of piperidine rings is 1. The molecule has 1 aliphatic heterocycles. The number of nitrogens with one attached hydrogen (secondary N) is 1. The molecule has 0 bridgehead atoms. The number of benzene rings is 1. The van der Waals surface area contributed by atoms with Crippen molar-refractivity contribution < 1.29 is 4.79 Å². The molecule has 1 heterocycles. The predicted molar refractivity (Wildman–Crippen MR) is 68.5 cm³/mol. The van der Waals surface area contributed by atoms with E-state index in [0.29, 0.717) is 18.4 Å². The molecule has 0 aromatic heterocycles. The minimum absolute atomic E-state index is 0.271. The van der Waals surface area contributed by atoms with E-state index in [-0.39, 0.29) is 5.91 Å². The summed E-state index contributed by atoms with van der Waals surface area (Å²) in [5.74, 6) is 0.701. The fourth-order valence-corrected chi connectivity index (χ4v) is 2.40. The highest BCUT2D eigenvalue weighted by Gasteiger charge is 2.30. The van der Waals surface area contributed by atoms with Crippen molar-refractivity contribution in [3.63, 3.8) is 0 Å². The number of amides is 1. The lowest BCUT2D eigenvalue weighted by Crippen LogP contribution is -2.51. The fraction of sp³-hybridized carbons (Fsp3) is 0.500. The topological polar surface area (TPSA) is 32.3 Å². The van der Waals surface area contributed by atoms with Crippen LogP contribution < -0.4 is 5.32 Å². The molecule has 2 atom stereocenters. The maximum atomic E-state index is 12.0. The van der Waals surface area contributed by atoms with Crippen molar-refractivity contribution in [2.24, 2.45) is 5.92 Å². The van der Waals surface area contributed by atoms with Crippen molar-refractivity contribution in [2.75, 3.05) is 13.6 Å². The lowest BCUT2D eigenvalue weighted by Gasteiger charge is -2.36. The molecular weight excluding hydrogens is 212 g/mol. The zero-order valence-corrected chi connectivity index (χ0v) is 10.5. The number of likely N-dealkylation sites (N-methyl/N-ethyl adjacent to an activating group) is 1. The van der Waals surface area contributed by atoms with E-state index in [1.165, 1.54) is 5.56 Å². The summed E-state index contributed by atoms with van der Waals surface area (Å²) in [5.41, 5.74) is 1.20. The molecule has 2 unspecified atom stereocenters. The molecule has 0 saturated carbocycles. The van der Waals surface area contributed by atoms with E-state index in [1.54, 1.807) is 0 Å². The number of likely N-dealkylation sites (tertiary alicyclic amines) is 1. The van der Waals surface area contributed by atoms with E-state index < -0.39 is 0 Å². The lowest BCUT2D eigenvalue weighted by molar-refractivity contribution is -0.136. The quantitative estimate of drug-likeness (QED) is 0.859. The van der Waals surface area contributed by atoms with Crippen LogP contribution >= 0.6 is 0 Å². The van der Waals surface area contributed by atoms with Gasteiger partial charge < -0.3 is 10.2 Å². The third-order valence-corrected chi connectivity index (χ3v) is 3.54. The molecule has 0 spiro atoms. The van der Waals surface area contributed by atoms with Crippen molar-refractivity contribution in [3.05, 3.63) is 35.9 Å². The molecular formula is C14H20N2O. The molecule has 0 aliphatic carbocycles. The van der Waals surface area contributed by atoms with Gasteiger partial charge in [-0.05, 0) is 18.5 Å². The molecule has 1 fully saturated rings. The summed E-state index contributed by atoms with van der Waals surface area (Å²) >= 11 is 0. The van der Waals surface area contributed by atoms with Crippen molar-refractivity contribution in [2.45, 2.75) is 25.9 Å². The smallest absolute Gasteiger partial charge is 0.223 e. The molecule has 3 heteroatoms. The maximum absolute atomic E-state index is 12.0. The van der Waals surface area contributed by atoms with Crippen molar-refractivity contribution in [1.29, 1.82) is 0 Å². The van der Waals surface area contributed by atoms with Crippen LogP contribution in [0.25, 0.3) is 0 Å². The summed E-state index contributed by atoms with van der Waals surface area (Å²) in [5, 5.41) is 3.30.